The van der Waals surface area contributed by atoms with E-state index in [2.05, 4.69) is 15.5 Å². The zero-order chi connectivity index (χ0) is 14.8. The molecule has 2 aromatic heterocycles. The van der Waals surface area contributed by atoms with E-state index in [1.807, 2.05) is 50.2 Å². The molecule has 0 atom stereocenters. The van der Waals surface area contributed by atoms with E-state index in [-0.39, 0.29) is 0 Å². The van der Waals surface area contributed by atoms with Crippen LogP contribution in [0.2, 0.25) is 0 Å². The molecule has 0 saturated carbocycles. The molecule has 0 fully saturated rings. The summed E-state index contributed by atoms with van der Waals surface area (Å²) in [5.74, 6) is 7.06. The predicted molar refractivity (Wildman–Crippen MR) is 82.1 cm³/mol. The molecule has 6 nitrogen and oxygen atoms in total. The summed E-state index contributed by atoms with van der Waals surface area (Å²) in [5, 5.41) is 4.55. The van der Waals surface area contributed by atoms with E-state index >= 15 is 0 Å². The number of hydrazine groups is 1. The lowest BCUT2D eigenvalue weighted by Gasteiger charge is -2.04. The van der Waals surface area contributed by atoms with Gasteiger partial charge in [-0.25, -0.2) is 10.8 Å². The second kappa shape index (κ2) is 5.41. The van der Waals surface area contributed by atoms with Crippen molar-refractivity contribution in [3.05, 3.63) is 42.1 Å². The van der Waals surface area contributed by atoms with Gasteiger partial charge in [0.2, 0.25) is 0 Å². The first-order valence-corrected chi connectivity index (χ1v) is 6.78. The maximum Gasteiger partial charge on any atom is 0.158 e. The quantitative estimate of drug-likeness (QED) is 0.568. The molecule has 0 amide bonds. The van der Waals surface area contributed by atoms with Gasteiger partial charge in [0.05, 0.1) is 12.3 Å². The predicted octanol–water partition coefficient (Wildman–Crippen LogP) is 2.39. The van der Waals surface area contributed by atoms with Gasteiger partial charge >= 0.3 is 0 Å². The monoisotopic (exact) mass is 283 g/mol. The average Bonchev–Trinajstić information content (AvgIpc) is 2.91. The zero-order valence-electron chi connectivity index (χ0n) is 12.0. The molecule has 0 aliphatic rings. The van der Waals surface area contributed by atoms with Crippen molar-refractivity contribution in [2.24, 2.45) is 5.84 Å². The minimum absolute atomic E-state index is 0.636. The number of nitrogen functional groups attached to an aromatic ring is 1. The number of ether oxygens (including phenoxy) is 1. The topological polar surface area (TPSA) is 77.5 Å². The summed E-state index contributed by atoms with van der Waals surface area (Å²) in [6.45, 7) is 4.52. The van der Waals surface area contributed by atoms with Gasteiger partial charge in [-0.1, -0.05) is 12.1 Å². The highest BCUT2D eigenvalue weighted by Crippen LogP contribution is 2.25. The number of aromatic nitrogens is 3. The first-order chi connectivity index (χ1) is 10.2. The lowest BCUT2D eigenvalue weighted by molar-refractivity contribution is 0.340. The van der Waals surface area contributed by atoms with Crippen LogP contribution in [0.25, 0.3) is 16.9 Å². The van der Waals surface area contributed by atoms with E-state index in [0.717, 1.165) is 28.3 Å². The Balaban J connectivity index is 2.10. The van der Waals surface area contributed by atoms with Gasteiger partial charge in [0, 0.05) is 23.4 Å². The van der Waals surface area contributed by atoms with E-state index < -0.39 is 0 Å². The second-order valence-electron chi connectivity index (χ2n) is 4.69. The molecule has 3 N–H and O–H groups in total. The minimum Gasteiger partial charge on any atom is -0.494 e. The van der Waals surface area contributed by atoms with E-state index in [1.165, 1.54) is 0 Å². The van der Waals surface area contributed by atoms with Crippen LogP contribution in [0, 0.1) is 6.92 Å². The first kappa shape index (κ1) is 13.4. The lowest BCUT2D eigenvalue weighted by Crippen LogP contribution is -2.12. The Morgan fingerprint density at radius 2 is 2.14 bits per heavy atom. The van der Waals surface area contributed by atoms with Crippen LogP contribution >= 0.6 is 0 Å². The van der Waals surface area contributed by atoms with Crippen molar-refractivity contribution in [2.75, 3.05) is 12.0 Å². The van der Waals surface area contributed by atoms with E-state index in [1.54, 1.807) is 4.52 Å². The fourth-order valence-electron chi connectivity index (χ4n) is 2.26. The molecular weight excluding hydrogens is 266 g/mol. The molecule has 0 unspecified atom stereocenters. The maximum atomic E-state index is 5.54. The number of aryl methyl sites for hydroxylation is 1. The number of rotatable bonds is 4. The van der Waals surface area contributed by atoms with E-state index in [4.69, 9.17) is 10.6 Å². The SMILES string of the molecule is CCOc1cccc(-c2cc3nc(C)cc(NN)n3n2)c1. The summed E-state index contributed by atoms with van der Waals surface area (Å²) in [5.41, 5.74) is 6.08. The Labute approximate surface area is 122 Å². The molecule has 0 aliphatic heterocycles. The Kier molecular flexibility index (Phi) is 3.45. The van der Waals surface area contributed by atoms with Crippen molar-refractivity contribution in [3.63, 3.8) is 0 Å². The Morgan fingerprint density at radius 1 is 1.29 bits per heavy atom. The summed E-state index contributed by atoms with van der Waals surface area (Å²) in [7, 11) is 0. The molecule has 0 spiro atoms. The molecule has 0 bridgehead atoms. The van der Waals surface area contributed by atoms with Crippen LogP contribution in [-0.4, -0.2) is 21.2 Å². The molecule has 0 aliphatic carbocycles. The van der Waals surface area contributed by atoms with Crippen LogP contribution in [0.1, 0.15) is 12.6 Å². The van der Waals surface area contributed by atoms with Gasteiger partial charge in [0.1, 0.15) is 11.6 Å². The highest BCUT2D eigenvalue weighted by atomic mass is 16.5. The summed E-state index contributed by atoms with van der Waals surface area (Å²) >= 11 is 0. The second-order valence-corrected chi connectivity index (χ2v) is 4.69. The minimum atomic E-state index is 0.636. The average molecular weight is 283 g/mol. The van der Waals surface area contributed by atoms with Gasteiger partial charge in [-0.3, -0.25) is 0 Å². The number of anilines is 1. The third kappa shape index (κ3) is 2.53. The van der Waals surface area contributed by atoms with Gasteiger partial charge in [-0.05, 0) is 26.0 Å². The van der Waals surface area contributed by atoms with Crippen molar-refractivity contribution in [1.29, 1.82) is 0 Å². The van der Waals surface area contributed by atoms with Gasteiger partial charge in [-0.15, -0.1) is 0 Å². The van der Waals surface area contributed by atoms with Crippen molar-refractivity contribution < 1.29 is 4.74 Å². The summed E-state index contributed by atoms with van der Waals surface area (Å²) in [6.07, 6.45) is 0. The van der Waals surface area contributed by atoms with Crippen LogP contribution in [0.15, 0.2) is 36.4 Å². The standard InChI is InChI=1S/C15H17N5O/c1-3-21-12-6-4-5-11(8-12)13-9-14-17-10(2)7-15(18-16)20(14)19-13/h4-9,18H,3,16H2,1-2H3. The van der Waals surface area contributed by atoms with Crippen LogP contribution in [0.4, 0.5) is 5.82 Å². The third-order valence-electron chi connectivity index (χ3n) is 3.14. The van der Waals surface area contributed by atoms with E-state index in [0.29, 0.717) is 12.4 Å². The van der Waals surface area contributed by atoms with Crippen molar-refractivity contribution >= 4 is 11.5 Å². The molecule has 3 rings (SSSR count). The highest BCUT2D eigenvalue weighted by Gasteiger charge is 2.09. The molecule has 0 saturated heterocycles. The molecule has 108 valence electrons. The summed E-state index contributed by atoms with van der Waals surface area (Å²) in [6, 6.07) is 11.6. The number of hydrogen-bond acceptors (Lipinski definition) is 5. The largest absolute Gasteiger partial charge is 0.494 e. The van der Waals surface area contributed by atoms with Crippen LogP contribution in [0.3, 0.4) is 0 Å². The highest BCUT2D eigenvalue weighted by molar-refractivity contribution is 5.66. The lowest BCUT2D eigenvalue weighted by atomic mass is 10.1. The normalized spacial score (nSPS) is 10.8. The number of hydrogen-bond donors (Lipinski definition) is 2. The maximum absolute atomic E-state index is 5.54. The molecule has 1 aromatic carbocycles. The molecule has 21 heavy (non-hydrogen) atoms. The van der Waals surface area contributed by atoms with Gasteiger partial charge in [0.15, 0.2) is 5.65 Å². The smallest absolute Gasteiger partial charge is 0.158 e. The molecule has 6 heteroatoms. The summed E-state index contributed by atoms with van der Waals surface area (Å²) < 4.78 is 7.21. The third-order valence-corrected chi connectivity index (χ3v) is 3.14. The van der Waals surface area contributed by atoms with Gasteiger partial charge < -0.3 is 10.2 Å². The number of nitrogens with one attached hydrogen (secondary N) is 1. The van der Waals surface area contributed by atoms with Crippen molar-refractivity contribution in [1.82, 2.24) is 14.6 Å². The molecule has 2 heterocycles. The number of nitrogens with zero attached hydrogens (tertiary/aromatic N) is 3. The Morgan fingerprint density at radius 3 is 2.90 bits per heavy atom. The van der Waals surface area contributed by atoms with Crippen molar-refractivity contribution in [2.45, 2.75) is 13.8 Å². The van der Waals surface area contributed by atoms with Crippen LogP contribution < -0.4 is 16.0 Å². The number of benzene rings is 1. The number of fused-ring (bicyclic) bond motifs is 1. The fraction of sp³-hybridized carbons (Fsp3) is 0.200. The molecule has 3 aromatic rings. The van der Waals surface area contributed by atoms with Gasteiger partial charge in [0.25, 0.3) is 0 Å². The fourth-order valence-corrected chi connectivity index (χ4v) is 2.26. The van der Waals surface area contributed by atoms with Crippen molar-refractivity contribution in [3.8, 4) is 17.0 Å². The molecular formula is C15H17N5O. The zero-order valence-corrected chi connectivity index (χ0v) is 12.0. The Hall–Kier alpha value is -2.60. The van der Waals surface area contributed by atoms with Crippen LogP contribution in [-0.2, 0) is 0 Å². The summed E-state index contributed by atoms with van der Waals surface area (Å²) in [4.78, 5) is 4.46. The van der Waals surface area contributed by atoms with E-state index in [9.17, 15) is 0 Å². The first-order valence-electron chi connectivity index (χ1n) is 6.78. The molecule has 0 radical (unpaired) electrons. The number of nitrogens with two attached hydrogens (primary N) is 1. The van der Waals surface area contributed by atoms with Crippen LogP contribution in [0.5, 0.6) is 5.75 Å². The Bertz CT molecular complexity index is 781. The van der Waals surface area contributed by atoms with Gasteiger partial charge in [-0.2, -0.15) is 9.61 Å².